The van der Waals surface area contributed by atoms with Gasteiger partial charge in [0.05, 0.1) is 5.52 Å². The number of aromatic hydroxyl groups is 1. The number of nitrogens with zero attached hydrogens (tertiary/aromatic N) is 2. The molecule has 1 amide bonds. The SMILES string of the molecule is CN(C(=O)c1n[nH]c2ccccc12)c1ccc(O)cc1. The number of para-hydroxylation sites is 1. The number of aromatic nitrogens is 2. The van der Waals surface area contributed by atoms with Crippen LogP contribution in [0.5, 0.6) is 5.75 Å². The summed E-state index contributed by atoms with van der Waals surface area (Å²) < 4.78 is 0. The van der Waals surface area contributed by atoms with E-state index in [1.807, 2.05) is 24.3 Å². The maximum Gasteiger partial charge on any atom is 0.279 e. The van der Waals surface area contributed by atoms with Crippen molar-refractivity contribution in [3.05, 3.63) is 54.2 Å². The molecule has 3 rings (SSSR count). The Morgan fingerprint density at radius 1 is 1.15 bits per heavy atom. The molecule has 0 spiro atoms. The van der Waals surface area contributed by atoms with Crippen molar-refractivity contribution in [2.45, 2.75) is 0 Å². The molecule has 1 heterocycles. The monoisotopic (exact) mass is 267 g/mol. The van der Waals surface area contributed by atoms with Gasteiger partial charge in [-0.3, -0.25) is 9.89 Å². The standard InChI is InChI=1S/C15H13N3O2/c1-18(10-6-8-11(19)9-7-10)15(20)14-12-4-2-3-5-13(12)16-17-14/h2-9,19H,1H3,(H,16,17). The predicted octanol–water partition coefficient (Wildman–Crippen LogP) is 2.55. The summed E-state index contributed by atoms with van der Waals surface area (Å²) in [4.78, 5) is 14.0. The number of anilines is 1. The number of carbonyl (C=O) groups excluding carboxylic acids is 1. The minimum atomic E-state index is -0.201. The summed E-state index contributed by atoms with van der Waals surface area (Å²) in [5.74, 6) is -0.0343. The molecule has 100 valence electrons. The largest absolute Gasteiger partial charge is 0.508 e. The summed E-state index contributed by atoms with van der Waals surface area (Å²) in [6.07, 6.45) is 0. The molecule has 0 unspecified atom stereocenters. The average molecular weight is 267 g/mol. The number of H-pyrrole nitrogens is 1. The molecule has 0 bridgehead atoms. The number of hydrogen-bond donors (Lipinski definition) is 2. The summed E-state index contributed by atoms with van der Waals surface area (Å²) in [5, 5.41) is 17.0. The summed E-state index contributed by atoms with van der Waals surface area (Å²) in [7, 11) is 1.68. The van der Waals surface area contributed by atoms with Gasteiger partial charge < -0.3 is 10.0 Å². The van der Waals surface area contributed by atoms with Gasteiger partial charge in [0, 0.05) is 18.1 Å². The number of nitrogens with one attached hydrogen (secondary N) is 1. The first-order valence-electron chi connectivity index (χ1n) is 6.17. The lowest BCUT2D eigenvalue weighted by atomic mass is 10.2. The zero-order chi connectivity index (χ0) is 14.1. The normalized spacial score (nSPS) is 10.7. The third-order valence-corrected chi connectivity index (χ3v) is 3.21. The summed E-state index contributed by atoms with van der Waals surface area (Å²) >= 11 is 0. The highest BCUT2D eigenvalue weighted by Crippen LogP contribution is 2.21. The number of amides is 1. The average Bonchev–Trinajstić information content (AvgIpc) is 2.90. The second kappa shape index (κ2) is 4.70. The second-order valence-corrected chi connectivity index (χ2v) is 4.50. The van der Waals surface area contributed by atoms with E-state index in [0.29, 0.717) is 11.4 Å². The van der Waals surface area contributed by atoms with E-state index in [2.05, 4.69) is 10.2 Å². The summed E-state index contributed by atoms with van der Waals surface area (Å²) in [5.41, 5.74) is 1.91. The highest BCUT2D eigenvalue weighted by atomic mass is 16.3. The van der Waals surface area contributed by atoms with Gasteiger partial charge in [-0.2, -0.15) is 5.10 Å². The van der Waals surface area contributed by atoms with E-state index in [0.717, 1.165) is 10.9 Å². The van der Waals surface area contributed by atoms with E-state index in [1.165, 1.54) is 4.90 Å². The Labute approximate surface area is 115 Å². The van der Waals surface area contributed by atoms with E-state index >= 15 is 0 Å². The number of hydrogen-bond acceptors (Lipinski definition) is 3. The molecule has 0 aliphatic carbocycles. The van der Waals surface area contributed by atoms with Crippen molar-refractivity contribution in [3.8, 4) is 5.75 Å². The molecule has 1 aromatic heterocycles. The Morgan fingerprint density at radius 3 is 2.60 bits per heavy atom. The fourth-order valence-corrected chi connectivity index (χ4v) is 2.08. The molecular formula is C15H13N3O2. The lowest BCUT2D eigenvalue weighted by Crippen LogP contribution is -2.26. The lowest BCUT2D eigenvalue weighted by molar-refractivity contribution is 0.0989. The van der Waals surface area contributed by atoms with Gasteiger partial charge in [0.2, 0.25) is 0 Å². The van der Waals surface area contributed by atoms with Gasteiger partial charge >= 0.3 is 0 Å². The fraction of sp³-hybridized carbons (Fsp3) is 0.0667. The quantitative estimate of drug-likeness (QED) is 0.749. The molecular weight excluding hydrogens is 254 g/mol. The Morgan fingerprint density at radius 2 is 1.85 bits per heavy atom. The highest BCUT2D eigenvalue weighted by Gasteiger charge is 2.19. The third kappa shape index (κ3) is 1.99. The molecule has 5 nitrogen and oxygen atoms in total. The van der Waals surface area contributed by atoms with Crippen molar-refractivity contribution in [2.75, 3.05) is 11.9 Å². The van der Waals surface area contributed by atoms with E-state index in [1.54, 1.807) is 31.3 Å². The topological polar surface area (TPSA) is 69.2 Å². The minimum Gasteiger partial charge on any atom is -0.508 e. The number of phenolic OH excluding ortho intramolecular Hbond substituents is 1. The fourth-order valence-electron chi connectivity index (χ4n) is 2.08. The van der Waals surface area contributed by atoms with Crippen LogP contribution in [0.15, 0.2) is 48.5 Å². The Kier molecular flexibility index (Phi) is 2.87. The van der Waals surface area contributed by atoms with Gasteiger partial charge in [-0.15, -0.1) is 0 Å². The number of fused-ring (bicyclic) bond motifs is 1. The van der Waals surface area contributed by atoms with E-state index in [4.69, 9.17) is 0 Å². The molecule has 3 aromatic rings. The zero-order valence-electron chi connectivity index (χ0n) is 10.9. The number of benzene rings is 2. The first-order valence-corrected chi connectivity index (χ1v) is 6.17. The van der Waals surface area contributed by atoms with Crippen LogP contribution < -0.4 is 4.90 Å². The number of rotatable bonds is 2. The number of phenols is 1. The van der Waals surface area contributed by atoms with E-state index < -0.39 is 0 Å². The van der Waals surface area contributed by atoms with Crippen LogP contribution in [0.2, 0.25) is 0 Å². The third-order valence-electron chi connectivity index (χ3n) is 3.21. The summed E-state index contributed by atoms with van der Waals surface area (Å²) in [6, 6.07) is 13.9. The molecule has 0 radical (unpaired) electrons. The van der Waals surface area contributed by atoms with Crippen molar-refractivity contribution < 1.29 is 9.90 Å². The van der Waals surface area contributed by atoms with Crippen LogP contribution >= 0.6 is 0 Å². The van der Waals surface area contributed by atoms with Gasteiger partial charge in [-0.25, -0.2) is 0 Å². The first-order chi connectivity index (χ1) is 9.66. The Bertz CT molecular complexity index is 762. The first kappa shape index (κ1) is 12.2. The zero-order valence-corrected chi connectivity index (χ0v) is 10.9. The molecule has 0 fully saturated rings. The molecule has 0 saturated carbocycles. The van der Waals surface area contributed by atoms with Crippen LogP contribution in [0.3, 0.4) is 0 Å². The lowest BCUT2D eigenvalue weighted by Gasteiger charge is -2.16. The van der Waals surface area contributed by atoms with E-state index in [9.17, 15) is 9.90 Å². The molecule has 0 saturated heterocycles. The van der Waals surface area contributed by atoms with E-state index in [-0.39, 0.29) is 11.7 Å². The Hall–Kier alpha value is -2.82. The molecule has 0 aliphatic heterocycles. The number of aromatic amines is 1. The van der Waals surface area contributed by atoms with Crippen LogP contribution in [-0.2, 0) is 0 Å². The molecule has 2 aromatic carbocycles. The van der Waals surface area contributed by atoms with Crippen molar-refractivity contribution in [2.24, 2.45) is 0 Å². The molecule has 2 N–H and O–H groups in total. The number of carbonyl (C=O) groups is 1. The van der Waals surface area contributed by atoms with Crippen LogP contribution in [0.25, 0.3) is 10.9 Å². The summed E-state index contributed by atoms with van der Waals surface area (Å²) in [6.45, 7) is 0. The van der Waals surface area contributed by atoms with Gasteiger partial charge in [-0.1, -0.05) is 18.2 Å². The molecule has 20 heavy (non-hydrogen) atoms. The molecule has 5 heteroatoms. The van der Waals surface area contributed by atoms with Crippen LogP contribution in [-0.4, -0.2) is 28.3 Å². The highest BCUT2D eigenvalue weighted by molar-refractivity contribution is 6.12. The predicted molar refractivity (Wildman–Crippen MR) is 76.9 cm³/mol. The van der Waals surface area contributed by atoms with Crippen LogP contribution in [0.1, 0.15) is 10.5 Å². The van der Waals surface area contributed by atoms with Crippen molar-refractivity contribution in [3.63, 3.8) is 0 Å². The van der Waals surface area contributed by atoms with Crippen molar-refractivity contribution in [1.29, 1.82) is 0 Å². The maximum atomic E-state index is 12.5. The smallest absolute Gasteiger partial charge is 0.279 e. The van der Waals surface area contributed by atoms with Crippen LogP contribution in [0.4, 0.5) is 5.69 Å². The van der Waals surface area contributed by atoms with Crippen molar-refractivity contribution in [1.82, 2.24) is 10.2 Å². The maximum absolute atomic E-state index is 12.5. The van der Waals surface area contributed by atoms with Gasteiger partial charge in [0.15, 0.2) is 5.69 Å². The Balaban J connectivity index is 1.97. The van der Waals surface area contributed by atoms with Gasteiger partial charge in [0.1, 0.15) is 5.75 Å². The van der Waals surface area contributed by atoms with Gasteiger partial charge in [-0.05, 0) is 30.3 Å². The minimum absolute atomic E-state index is 0.166. The van der Waals surface area contributed by atoms with Gasteiger partial charge in [0.25, 0.3) is 5.91 Å². The molecule has 0 atom stereocenters. The second-order valence-electron chi connectivity index (χ2n) is 4.50. The molecule has 0 aliphatic rings. The van der Waals surface area contributed by atoms with Crippen LogP contribution in [0, 0.1) is 0 Å². The van der Waals surface area contributed by atoms with Crippen molar-refractivity contribution >= 4 is 22.5 Å².